The summed E-state index contributed by atoms with van der Waals surface area (Å²) in [5, 5.41) is 3.10. The Kier molecular flexibility index (Phi) is 5.14. The topological polar surface area (TPSA) is 41.6 Å². The Labute approximate surface area is 145 Å². The van der Waals surface area contributed by atoms with Crippen LogP contribution in [0.2, 0.25) is 0 Å². The number of amides is 1. The molecule has 24 heavy (non-hydrogen) atoms. The number of hydrogen-bond acceptors (Lipinski definition) is 3. The van der Waals surface area contributed by atoms with Crippen LogP contribution in [0.15, 0.2) is 30.3 Å². The molecule has 4 nitrogen and oxygen atoms in total. The van der Waals surface area contributed by atoms with Crippen LogP contribution in [0.1, 0.15) is 58.4 Å². The third-order valence-corrected chi connectivity index (χ3v) is 5.05. The van der Waals surface area contributed by atoms with Crippen LogP contribution in [0.25, 0.3) is 0 Å². The van der Waals surface area contributed by atoms with Gasteiger partial charge in [0.25, 0.3) is 0 Å². The van der Waals surface area contributed by atoms with Gasteiger partial charge in [0.2, 0.25) is 0 Å². The number of nitrogens with zero attached hydrogens (tertiary/aromatic N) is 1. The highest BCUT2D eigenvalue weighted by molar-refractivity contribution is 5.68. The molecule has 2 aliphatic rings. The quantitative estimate of drug-likeness (QED) is 0.907. The van der Waals surface area contributed by atoms with Crippen molar-refractivity contribution in [3.63, 3.8) is 0 Å². The number of piperidine rings is 2. The Hall–Kier alpha value is -1.55. The van der Waals surface area contributed by atoms with Gasteiger partial charge in [0, 0.05) is 24.7 Å². The Morgan fingerprint density at radius 3 is 2.38 bits per heavy atom. The molecule has 0 saturated carbocycles. The van der Waals surface area contributed by atoms with E-state index in [9.17, 15) is 4.79 Å². The summed E-state index contributed by atoms with van der Waals surface area (Å²) in [5.41, 5.74) is 0.946. The lowest BCUT2D eigenvalue weighted by Gasteiger charge is -2.49. The fraction of sp³-hybridized carbons (Fsp3) is 0.650. The van der Waals surface area contributed by atoms with Crippen molar-refractivity contribution in [3.05, 3.63) is 35.9 Å². The predicted molar refractivity (Wildman–Crippen MR) is 95.8 cm³/mol. The van der Waals surface area contributed by atoms with Crippen molar-refractivity contribution in [1.82, 2.24) is 10.2 Å². The van der Waals surface area contributed by atoms with Gasteiger partial charge in [-0.15, -0.1) is 0 Å². The highest BCUT2D eigenvalue weighted by Crippen LogP contribution is 2.35. The second-order valence-electron chi connectivity index (χ2n) is 8.21. The molecular weight excluding hydrogens is 300 g/mol. The fourth-order valence-corrected chi connectivity index (χ4v) is 4.12. The smallest absolute Gasteiger partial charge is 0.407 e. The van der Waals surface area contributed by atoms with Crippen LogP contribution in [0.3, 0.4) is 0 Å². The van der Waals surface area contributed by atoms with Crippen molar-refractivity contribution in [1.29, 1.82) is 0 Å². The third-order valence-electron chi connectivity index (χ3n) is 5.05. The zero-order chi connectivity index (χ0) is 17.2. The van der Waals surface area contributed by atoms with E-state index in [0.717, 1.165) is 19.4 Å². The molecule has 0 spiro atoms. The summed E-state index contributed by atoms with van der Waals surface area (Å²) >= 11 is 0. The molecule has 0 radical (unpaired) electrons. The van der Waals surface area contributed by atoms with E-state index in [4.69, 9.17) is 4.74 Å². The van der Waals surface area contributed by atoms with Gasteiger partial charge in [-0.1, -0.05) is 36.8 Å². The second-order valence-corrected chi connectivity index (χ2v) is 8.21. The van der Waals surface area contributed by atoms with E-state index in [1.165, 1.54) is 24.8 Å². The first-order valence-electron chi connectivity index (χ1n) is 9.20. The molecule has 0 aliphatic carbocycles. The Balaban J connectivity index is 1.60. The van der Waals surface area contributed by atoms with Crippen molar-refractivity contribution < 1.29 is 9.53 Å². The summed E-state index contributed by atoms with van der Waals surface area (Å²) in [4.78, 5) is 14.7. The molecule has 1 aromatic rings. The maximum absolute atomic E-state index is 12.1. The van der Waals surface area contributed by atoms with Crippen LogP contribution in [-0.4, -0.2) is 34.7 Å². The zero-order valence-electron chi connectivity index (χ0n) is 15.1. The van der Waals surface area contributed by atoms with E-state index in [0.29, 0.717) is 12.1 Å². The van der Waals surface area contributed by atoms with Crippen LogP contribution in [0.4, 0.5) is 4.79 Å². The molecule has 0 aromatic heterocycles. The second kappa shape index (κ2) is 7.14. The van der Waals surface area contributed by atoms with Gasteiger partial charge in [0.15, 0.2) is 0 Å². The highest BCUT2D eigenvalue weighted by Gasteiger charge is 2.38. The van der Waals surface area contributed by atoms with E-state index in [1.807, 2.05) is 20.8 Å². The molecule has 2 fully saturated rings. The van der Waals surface area contributed by atoms with Gasteiger partial charge < -0.3 is 10.1 Å². The molecule has 2 heterocycles. The number of hydrogen-bond donors (Lipinski definition) is 1. The number of benzene rings is 1. The Morgan fingerprint density at radius 1 is 1.17 bits per heavy atom. The molecule has 132 valence electrons. The number of carbonyl (C=O) groups excluding carboxylic acids is 1. The minimum Gasteiger partial charge on any atom is -0.444 e. The summed E-state index contributed by atoms with van der Waals surface area (Å²) in [7, 11) is 0. The Morgan fingerprint density at radius 2 is 1.79 bits per heavy atom. The zero-order valence-corrected chi connectivity index (χ0v) is 15.1. The molecule has 4 heteroatoms. The average molecular weight is 330 g/mol. The summed E-state index contributed by atoms with van der Waals surface area (Å²) < 4.78 is 5.42. The first-order chi connectivity index (χ1) is 11.4. The standard InChI is InChI=1S/C20H30N2O2/c1-20(2,3)24-19(23)21-16-12-17-10-7-11-18(13-16)22(17)14-15-8-5-4-6-9-15/h4-6,8-9,16-18H,7,10-14H2,1-3H3,(H,21,23)/t16?,17-,18+. The minimum atomic E-state index is -0.437. The molecule has 2 aliphatic heterocycles. The van der Waals surface area contributed by atoms with Gasteiger partial charge in [-0.2, -0.15) is 0 Å². The molecule has 3 rings (SSSR count). The molecule has 2 bridgehead atoms. The largest absolute Gasteiger partial charge is 0.444 e. The maximum atomic E-state index is 12.1. The molecule has 3 atom stereocenters. The van der Waals surface area contributed by atoms with Gasteiger partial charge in [-0.3, -0.25) is 4.90 Å². The highest BCUT2D eigenvalue weighted by atomic mass is 16.6. The van der Waals surface area contributed by atoms with Crippen LogP contribution >= 0.6 is 0 Å². The number of fused-ring (bicyclic) bond motifs is 2. The first-order valence-corrected chi connectivity index (χ1v) is 9.20. The van der Waals surface area contributed by atoms with Gasteiger partial charge in [-0.05, 0) is 52.0 Å². The lowest BCUT2D eigenvalue weighted by Crippen LogP contribution is -2.56. The van der Waals surface area contributed by atoms with Crippen LogP contribution in [-0.2, 0) is 11.3 Å². The third kappa shape index (κ3) is 4.50. The minimum absolute atomic E-state index is 0.238. The van der Waals surface area contributed by atoms with Gasteiger partial charge in [0.1, 0.15) is 5.60 Å². The summed E-state index contributed by atoms with van der Waals surface area (Å²) in [6.07, 6.45) is 5.55. The van der Waals surface area contributed by atoms with Gasteiger partial charge in [0.05, 0.1) is 0 Å². The fourth-order valence-electron chi connectivity index (χ4n) is 4.12. The maximum Gasteiger partial charge on any atom is 0.407 e. The Bertz CT molecular complexity index is 539. The summed E-state index contributed by atoms with van der Waals surface area (Å²) in [5.74, 6) is 0. The van der Waals surface area contributed by atoms with Crippen molar-refractivity contribution in [3.8, 4) is 0 Å². The van der Waals surface area contributed by atoms with E-state index in [-0.39, 0.29) is 12.1 Å². The van der Waals surface area contributed by atoms with Crippen molar-refractivity contribution >= 4 is 6.09 Å². The predicted octanol–water partition coefficient (Wildman–Crippen LogP) is 4.10. The molecule has 1 amide bonds. The summed E-state index contributed by atoms with van der Waals surface area (Å²) in [6, 6.07) is 12.1. The van der Waals surface area contributed by atoms with Crippen LogP contribution in [0, 0.1) is 0 Å². The van der Waals surface area contributed by atoms with Crippen molar-refractivity contribution in [2.75, 3.05) is 0 Å². The average Bonchev–Trinajstić information content (AvgIpc) is 2.47. The molecule has 1 aromatic carbocycles. The van der Waals surface area contributed by atoms with Crippen molar-refractivity contribution in [2.24, 2.45) is 0 Å². The van der Waals surface area contributed by atoms with Gasteiger partial charge >= 0.3 is 6.09 Å². The lowest BCUT2D eigenvalue weighted by atomic mass is 9.81. The molecule has 1 unspecified atom stereocenters. The number of carbonyl (C=O) groups is 1. The molecular formula is C20H30N2O2. The summed E-state index contributed by atoms with van der Waals surface area (Å²) in [6.45, 7) is 6.74. The van der Waals surface area contributed by atoms with E-state index >= 15 is 0 Å². The van der Waals surface area contributed by atoms with Gasteiger partial charge in [-0.25, -0.2) is 4.79 Å². The number of nitrogens with one attached hydrogen (secondary N) is 1. The lowest BCUT2D eigenvalue weighted by molar-refractivity contribution is 0.0101. The first kappa shape index (κ1) is 17.3. The normalized spacial score (nSPS) is 27.5. The van der Waals surface area contributed by atoms with Crippen molar-refractivity contribution in [2.45, 2.75) is 83.1 Å². The number of alkyl carbamates (subject to hydrolysis) is 1. The van der Waals surface area contributed by atoms with E-state index < -0.39 is 5.60 Å². The van der Waals surface area contributed by atoms with Crippen LogP contribution in [0.5, 0.6) is 0 Å². The van der Waals surface area contributed by atoms with E-state index in [2.05, 4.69) is 40.5 Å². The number of ether oxygens (including phenoxy) is 1. The number of rotatable bonds is 3. The molecule has 1 N–H and O–H groups in total. The SMILES string of the molecule is CC(C)(C)OC(=O)NC1C[C@H]2CCC[C@@H](C1)N2Cc1ccccc1. The van der Waals surface area contributed by atoms with Crippen LogP contribution < -0.4 is 5.32 Å². The van der Waals surface area contributed by atoms with E-state index in [1.54, 1.807) is 0 Å². The monoisotopic (exact) mass is 330 g/mol. The molecule has 2 saturated heterocycles.